The Morgan fingerprint density at radius 3 is 2.43 bits per heavy atom. The van der Waals surface area contributed by atoms with E-state index < -0.39 is 26.9 Å². The van der Waals surface area contributed by atoms with Crippen LogP contribution in [0.5, 0.6) is 0 Å². The van der Waals surface area contributed by atoms with Gasteiger partial charge in [0, 0.05) is 23.2 Å². The number of nitrogens with zero attached hydrogens (tertiary/aromatic N) is 2. The van der Waals surface area contributed by atoms with Crippen molar-refractivity contribution in [2.75, 3.05) is 15.9 Å². The lowest BCUT2D eigenvalue weighted by Crippen LogP contribution is -2.47. The molecule has 0 fully saturated rings. The highest BCUT2D eigenvalue weighted by molar-refractivity contribution is 7.92. The summed E-state index contributed by atoms with van der Waals surface area (Å²) in [5.74, 6) is -0.522. The summed E-state index contributed by atoms with van der Waals surface area (Å²) in [5.41, 5.74) is 0.362. The van der Waals surface area contributed by atoms with Gasteiger partial charge >= 0.3 is 0 Å². The summed E-state index contributed by atoms with van der Waals surface area (Å²) in [7, 11) is -3.90. The number of carbonyl (C=O) groups is 1. The van der Waals surface area contributed by atoms with Crippen LogP contribution in [0, 0.1) is 10.1 Å². The second kappa shape index (κ2) is 8.50. The second-order valence-electron chi connectivity index (χ2n) is 6.78. The van der Waals surface area contributed by atoms with E-state index in [0.717, 1.165) is 27.4 Å². The molecule has 30 heavy (non-hydrogen) atoms. The number of rotatable bonds is 7. The molecule has 0 aliphatic rings. The van der Waals surface area contributed by atoms with Crippen LogP contribution in [0.2, 0.25) is 0 Å². The molecular weight excluding hydrogens is 406 g/mol. The Hall–Kier alpha value is -3.46. The Morgan fingerprint density at radius 1 is 1.10 bits per heavy atom. The molecule has 0 aliphatic carbocycles. The smallest absolute Gasteiger partial charge is 0.271 e. The van der Waals surface area contributed by atoms with Crippen LogP contribution in [-0.2, 0) is 14.8 Å². The van der Waals surface area contributed by atoms with Gasteiger partial charge in [0.2, 0.25) is 15.9 Å². The maximum absolute atomic E-state index is 13.1. The highest BCUT2D eigenvalue weighted by Crippen LogP contribution is 2.28. The lowest BCUT2D eigenvalue weighted by Gasteiger charge is -2.30. The molecule has 1 amide bonds. The van der Waals surface area contributed by atoms with Gasteiger partial charge in [0.15, 0.2) is 0 Å². The van der Waals surface area contributed by atoms with Crippen LogP contribution >= 0.6 is 0 Å². The third-order valence-electron chi connectivity index (χ3n) is 4.67. The van der Waals surface area contributed by atoms with Crippen LogP contribution in [0.3, 0.4) is 0 Å². The Balaban J connectivity index is 2.01. The van der Waals surface area contributed by atoms with Crippen molar-refractivity contribution in [2.24, 2.45) is 0 Å². The van der Waals surface area contributed by atoms with E-state index in [-0.39, 0.29) is 17.8 Å². The minimum atomic E-state index is -3.90. The number of hydrogen-bond acceptors (Lipinski definition) is 5. The monoisotopic (exact) mass is 427 g/mol. The molecular formula is C21H21N3O5S. The average molecular weight is 427 g/mol. The standard InChI is InChI=1S/C21H21N3O5S/c1-3-20(21(25)22-19-13-6-9-15-8-4-5-12-18(15)19)23(30(2,28)29)16-10-7-11-17(14-16)24(26)27/h4-14,20H,3H2,1-2H3,(H,22,25)/t20-/m1/s1. The van der Waals surface area contributed by atoms with Crippen molar-refractivity contribution in [2.45, 2.75) is 19.4 Å². The number of anilines is 2. The number of non-ortho nitro benzene ring substituents is 1. The molecule has 0 bridgehead atoms. The van der Waals surface area contributed by atoms with Crippen molar-refractivity contribution in [3.8, 4) is 0 Å². The van der Waals surface area contributed by atoms with E-state index in [1.165, 1.54) is 18.2 Å². The normalized spacial score (nSPS) is 12.3. The second-order valence-corrected chi connectivity index (χ2v) is 8.64. The number of benzene rings is 3. The molecule has 0 heterocycles. The van der Waals surface area contributed by atoms with Crippen LogP contribution in [-0.4, -0.2) is 31.5 Å². The molecule has 3 rings (SSSR count). The van der Waals surface area contributed by atoms with E-state index in [2.05, 4.69) is 5.32 Å². The molecule has 3 aromatic rings. The van der Waals surface area contributed by atoms with Crippen LogP contribution in [0.4, 0.5) is 17.1 Å². The number of nitrogens with one attached hydrogen (secondary N) is 1. The largest absolute Gasteiger partial charge is 0.324 e. The average Bonchev–Trinajstić information content (AvgIpc) is 2.71. The fourth-order valence-corrected chi connectivity index (χ4v) is 4.56. The quantitative estimate of drug-likeness (QED) is 0.454. The molecule has 0 radical (unpaired) electrons. The summed E-state index contributed by atoms with van der Waals surface area (Å²) < 4.78 is 26.0. The van der Waals surface area contributed by atoms with Crippen molar-refractivity contribution >= 4 is 43.8 Å². The third kappa shape index (κ3) is 4.41. The van der Waals surface area contributed by atoms with Crippen molar-refractivity contribution in [3.05, 3.63) is 76.8 Å². The Bertz CT molecular complexity index is 1200. The maximum Gasteiger partial charge on any atom is 0.271 e. The first kappa shape index (κ1) is 21.3. The van der Waals surface area contributed by atoms with Gasteiger partial charge in [-0.2, -0.15) is 0 Å². The van der Waals surface area contributed by atoms with Gasteiger partial charge in [-0.05, 0) is 23.9 Å². The summed E-state index contributed by atoms with van der Waals surface area (Å²) in [4.78, 5) is 23.6. The number of amides is 1. The lowest BCUT2D eigenvalue weighted by atomic mass is 10.1. The molecule has 8 nitrogen and oxygen atoms in total. The molecule has 1 atom stereocenters. The Morgan fingerprint density at radius 2 is 1.77 bits per heavy atom. The summed E-state index contributed by atoms with van der Waals surface area (Å²) in [6.45, 7) is 1.68. The molecule has 0 unspecified atom stereocenters. The van der Waals surface area contributed by atoms with Gasteiger partial charge in [-0.15, -0.1) is 0 Å². The number of sulfonamides is 1. The van der Waals surface area contributed by atoms with Gasteiger partial charge in [0.25, 0.3) is 5.69 Å². The summed E-state index contributed by atoms with van der Waals surface area (Å²) >= 11 is 0. The fourth-order valence-electron chi connectivity index (χ4n) is 3.35. The van der Waals surface area contributed by atoms with Crippen LogP contribution in [0.1, 0.15) is 13.3 Å². The minimum absolute atomic E-state index is 0.0617. The molecule has 0 aliphatic heterocycles. The first-order valence-electron chi connectivity index (χ1n) is 9.25. The predicted octanol–water partition coefficient (Wildman–Crippen LogP) is 3.93. The zero-order valence-electron chi connectivity index (χ0n) is 16.5. The molecule has 156 valence electrons. The van der Waals surface area contributed by atoms with Gasteiger partial charge in [-0.3, -0.25) is 19.2 Å². The van der Waals surface area contributed by atoms with E-state index in [4.69, 9.17) is 0 Å². The minimum Gasteiger partial charge on any atom is -0.324 e. The lowest BCUT2D eigenvalue weighted by molar-refractivity contribution is -0.384. The molecule has 0 aromatic heterocycles. The third-order valence-corrected chi connectivity index (χ3v) is 5.85. The van der Waals surface area contributed by atoms with Gasteiger partial charge in [0.05, 0.1) is 16.9 Å². The van der Waals surface area contributed by atoms with Crippen LogP contribution in [0.25, 0.3) is 10.8 Å². The molecule has 3 aromatic carbocycles. The highest BCUT2D eigenvalue weighted by Gasteiger charge is 2.32. The van der Waals surface area contributed by atoms with Gasteiger partial charge in [0.1, 0.15) is 6.04 Å². The first-order chi connectivity index (χ1) is 14.2. The highest BCUT2D eigenvalue weighted by atomic mass is 32.2. The summed E-state index contributed by atoms with van der Waals surface area (Å²) in [5, 5.41) is 15.7. The van der Waals surface area contributed by atoms with E-state index in [0.29, 0.717) is 5.69 Å². The van der Waals surface area contributed by atoms with Crippen molar-refractivity contribution < 1.29 is 18.1 Å². The van der Waals surface area contributed by atoms with Crippen molar-refractivity contribution in [1.82, 2.24) is 0 Å². The van der Waals surface area contributed by atoms with Crippen molar-refractivity contribution in [3.63, 3.8) is 0 Å². The zero-order valence-corrected chi connectivity index (χ0v) is 17.3. The van der Waals surface area contributed by atoms with Gasteiger partial charge in [-0.25, -0.2) is 8.42 Å². The Labute approximate surface area is 174 Å². The molecule has 0 spiro atoms. The Kier molecular flexibility index (Phi) is 6.02. The number of nitro benzene ring substituents is 1. The van der Waals surface area contributed by atoms with Gasteiger partial charge in [-0.1, -0.05) is 49.4 Å². The van der Waals surface area contributed by atoms with E-state index in [9.17, 15) is 23.3 Å². The SMILES string of the molecule is CC[C@H](C(=O)Nc1cccc2ccccc12)N(c1cccc([N+](=O)[O-])c1)S(C)(=O)=O. The molecule has 0 saturated carbocycles. The van der Waals surface area contributed by atoms with Crippen molar-refractivity contribution in [1.29, 1.82) is 0 Å². The summed E-state index contributed by atoms with van der Waals surface area (Å²) in [6, 6.07) is 17.1. The number of fused-ring (bicyclic) bond motifs is 1. The molecule has 9 heteroatoms. The topological polar surface area (TPSA) is 110 Å². The van der Waals surface area contributed by atoms with E-state index in [1.54, 1.807) is 19.1 Å². The number of hydrogen-bond donors (Lipinski definition) is 1. The molecule has 1 N–H and O–H groups in total. The first-order valence-corrected chi connectivity index (χ1v) is 11.1. The van der Waals surface area contributed by atoms with Gasteiger partial charge < -0.3 is 5.32 Å². The summed E-state index contributed by atoms with van der Waals surface area (Å²) in [6.07, 6.45) is 1.14. The number of carbonyl (C=O) groups excluding carboxylic acids is 1. The van der Waals surface area contributed by atoms with E-state index >= 15 is 0 Å². The van der Waals surface area contributed by atoms with Crippen LogP contribution in [0.15, 0.2) is 66.7 Å². The fraction of sp³-hybridized carbons (Fsp3) is 0.190. The predicted molar refractivity (Wildman–Crippen MR) is 117 cm³/mol. The van der Waals surface area contributed by atoms with E-state index in [1.807, 2.05) is 30.3 Å². The zero-order chi connectivity index (χ0) is 21.9. The molecule has 0 saturated heterocycles. The number of nitro groups is 1. The van der Waals surface area contributed by atoms with Crippen LogP contribution < -0.4 is 9.62 Å². The maximum atomic E-state index is 13.1.